The van der Waals surface area contributed by atoms with E-state index >= 15 is 0 Å². The lowest BCUT2D eigenvalue weighted by Gasteiger charge is -2.44. The van der Waals surface area contributed by atoms with Crippen molar-refractivity contribution < 1.29 is 45.5 Å². The molecule has 3 atom stereocenters. The first kappa shape index (κ1) is 31.1. The molecule has 2 aromatic carbocycles. The summed E-state index contributed by atoms with van der Waals surface area (Å²) in [5.41, 5.74) is -3.79. The number of hydrogen-bond donors (Lipinski definition) is 3. The maximum absolute atomic E-state index is 14.3. The predicted octanol–water partition coefficient (Wildman–Crippen LogP) is 4.12. The number of rotatable bonds is 8. The standard InChI is InChI=1S/C30H30F3N3O7S/c1-16(2)13-21-27(38)35-25(19-14-17-7-3-4-8-18(17)15-19)29(40)36(21)26(28(39)34-20-9-5-6-10-22(20)37)23-11-12-24(43-23)44(41,42)30(31,32)33/h3-12,16,19,21,25-26,37H,13-15H2,1-2H3,(H,34,39)(H,35,38)/t21-,25-,26?/m1/s1. The van der Waals surface area contributed by atoms with Crippen molar-refractivity contribution in [1.29, 1.82) is 0 Å². The van der Waals surface area contributed by atoms with Gasteiger partial charge in [-0.25, -0.2) is 8.42 Å². The smallest absolute Gasteiger partial charge is 0.504 e. The molecule has 44 heavy (non-hydrogen) atoms. The van der Waals surface area contributed by atoms with Crippen molar-refractivity contribution in [1.82, 2.24) is 10.2 Å². The molecule has 0 saturated carbocycles. The first-order valence-corrected chi connectivity index (χ1v) is 15.4. The zero-order valence-electron chi connectivity index (χ0n) is 23.7. The van der Waals surface area contributed by atoms with E-state index in [2.05, 4.69) is 10.6 Å². The van der Waals surface area contributed by atoms with Gasteiger partial charge < -0.3 is 25.1 Å². The summed E-state index contributed by atoms with van der Waals surface area (Å²) in [5, 5.41) is 14.0. The average Bonchev–Trinajstić information content (AvgIpc) is 3.61. The van der Waals surface area contributed by atoms with Crippen molar-refractivity contribution in [3.05, 3.63) is 77.6 Å². The van der Waals surface area contributed by atoms with Gasteiger partial charge in [0.2, 0.25) is 16.9 Å². The van der Waals surface area contributed by atoms with Gasteiger partial charge >= 0.3 is 15.3 Å². The molecule has 3 N–H and O–H groups in total. The number of alkyl halides is 3. The average molecular weight is 634 g/mol. The number of phenols is 1. The largest absolute Gasteiger partial charge is 0.506 e. The normalized spacial score (nSPS) is 20.0. The van der Waals surface area contributed by atoms with E-state index in [9.17, 15) is 41.1 Å². The van der Waals surface area contributed by atoms with Crippen LogP contribution in [0.1, 0.15) is 43.2 Å². The van der Waals surface area contributed by atoms with Crippen LogP contribution < -0.4 is 10.6 Å². The van der Waals surface area contributed by atoms with E-state index in [1.54, 1.807) is 13.8 Å². The third kappa shape index (κ3) is 5.77. The monoisotopic (exact) mass is 633 g/mol. The van der Waals surface area contributed by atoms with Crippen LogP contribution >= 0.6 is 0 Å². The highest BCUT2D eigenvalue weighted by atomic mass is 32.2. The van der Waals surface area contributed by atoms with Gasteiger partial charge in [-0.1, -0.05) is 50.2 Å². The molecule has 1 aliphatic heterocycles. The van der Waals surface area contributed by atoms with Crippen LogP contribution in [0.3, 0.4) is 0 Å². The van der Waals surface area contributed by atoms with E-state index in [-0.39, 0.29) is 29.7 Å². The minimum atomic E-state index is -5.94. The van der Waals surface area contributed by atoms with Gasteiger partial charge in [-0.2, -0.15) is 13.2 Å². The van der Waals surface area contributed by atoms with Gasteiger partial charge in [0.05, 0.1) is 5.69 Å². The van der Waals surface area contributed by atoms with Gasteiger partial charge in [-0.15, -0.1) is 0 Å². The molecule has 10 nitrogen and oxygen atoms in total. The highest BCUT2D eigenvalue weighted by Crippen LogP contribution is 2.38. The number of amides is 3. The second-order valence-corrected chi connectivity index (χ2v) is 13.2. The number of aromatic hydroxyl groups is 1. The highest BCUT2D eigenvalue weighted by Gasteiger charge is 2.52. The molecule has 5 rings (SSSR count). The van der Waals surface area contributed by atoms with Crippen molar-refractivity contribution in [3.63, 3.8) is 0 Å². The van der Waals surface area contributed by atoms with Crippen molar-refractivity contribution in [3.8, 4) is 5.75 Å². The van der Waals surface area contributed by atoms with E-state index in [4.69, 9.17) is 4.42 Å². The zero-order valence-corrected chi connectivity index (χ0v) is 24.5. The number of sulfone groups is 1. The molecule has 14 heteroatoms. The van der Waals surface area contributed by atoms with Gasteiger partial charge in [0.1, 0.15) is 23.6 Å². The fraction of sp³-hybridized carbons (Fsp3) is 0.367. The van der Waals surface area contributed by atoms with Crippen molar-refractivity contribution >= 4 is 33.2 Å². The number of carbonyl (C=O) groups is 3. The summed E-state index contributed by atoms with van der Waals surface area (Å²) in [5.74, 6) is -3.80. The molecule has 2 aliphatic rings. The molecule has 2 heterocycles. The number of nitrogens with zero attached hydrogens (tertiary/aromatic N) is 1. The van der Waals surface area contributed by atoms with E-state index in [1.165, 1.54) is 24.3 Å². The number of carbonyl (C=O) groups excluding carboxylic acids is 3. The van der Waals surface area contributed by atoms with Crippen LogP contribution in [0.2, 0.25) is 0 Å². The summed E-state index contributed by atoms with van der Waals surface area (Å²) in [7, 11) is -5.94. The lowest BCUT2D eigenvalue weighted by molar-refractivity contribution is -0.157. The number of halogens is 3. The minimum Gasteiger partial charge on any atom is -0.506 e. The van der Waals surface area contributed by atoms with E-state index < -0.39 is 62.0 Å². The van der Waals surface area contributed by atoms with Crippen LogP contribution in [0.5, 0.6) is 5.75 Å². The van der Waals surface area contributed by atoms with Crippen LogP contribution in [0.15, 0.2) is 70.2 Å². The van der Waals surface area contributed by atoms with Crippen molar-refractivity contribution in [2.24, 2.45) is 11.8 Å². The third-order valence-corrected chi connectivity index (χ3v) is 9.19. The van der Waals surface area contributed by atoms with Gasteiger partial charge in [0.15, 0.2) is 6.04 Å². The lowest BCUT2D eigenvalue weighted by atomic mass is 9.88. The Labute approximate surface area is 251 Å². The molecule has 1 saturated heterocycles. The Morgan fingerprint density at radius 3 is 2.25 bits per heavy atom. The summed E-state index contributed by atoms with van der Waals surface area (Å²) in [6.45, 7) is 3.57. The minimum absolute atomic E-state index is 0.0734. The molecular weight excluding hydrogens is 603 g/mol. The number of anilines is 1. The number of phenolic OH excluding ortho intramolecular Hbond substituents is 1. The molecule has 0 spiro atoms. The summed E-state index contributed by atoms with van der Waals surface area (Å²) in [6.07, 6.45) is 0.988. The molecule has 3 aromatic rings. The van der Waals surface area contributed by atoms with Crippen LogP contribution in [0.4, 0.5) is 18.9 Å². The molecule has 1 aromatic heterocycles. The molecule has 1 aliphatic carbocycles. The molecule has 3 amide bonds. The van der Waals surface area contributed by atoms with Crippen LogP contribution in [-0.4, -0.2) is 53.7 Å². The molecule has 0 radical (unpaired) electrons. The number of piperazine rings is 1. The van der Waals surface area contributed by atoms with Gasteiger partial charge in [0.25, 0.3) is 5.91 Å². The molecule has 1 unspecified atom stereocenters. The number of fused-ring (bicyclic) bond motifs is 1. The summed E-state index contributed by atoms with van der Waals surface area (Å²) in [4.78, 5) is 42.9. The fourth-order valence-electron chi connectivity index (χ4n) is 5.79. The van der Waals surface area contributed by atoms with E-state index in [1.807, 2.05) is 24.3 Å². The predicted molar refractivity (Wildman–Crippen MR) is 151 cm³/mol. The number of para-hydroxylation sites is 2. The number of benzene rings is 2. The first-order chi connectivity index (χ1) is 20.7. The van der Waals surface area contributed by atoms with Crippen molar-refractivity contribution in [2.75, 3.05) is 5.32 Å². The fourth-order valence-corrected chi connectivity index (χ4v) is 6.47. The first-order valence-electron chi connectivity index (χ1n) is 13.9. The molecule has 234 valence electrons. The highest BCUT2D eigenvalue weighted by molar-refractivity contribution is 7.92. The van der Waals surface area contributed by atoms with Gasteiger partial charge in [-0.05, 0) is 66.5 Å². The zero-order chi connectivity index (χ0) is 32.0. The van der Waals surface area contributed by atoms with Crippen molar-refractivity contribution in [2.45, 2.75) is 61.8 Å². The topological polar surface area (TPSA) is 146 Å². The lowest BCUT2D eigenvalue weighted by Crippen LogP contribution is -2.67. The van der Waals surface area contributed by atoms with Crippen LogP contribution in [0, 0.1) is 11.8 Å². The van der Waals surface area contributed by atoms with E-state index in [0.717, 1.165) is 22.1 Å². The molecule has 1 fully saturated rings. The Hall–Kier alpha value is -4.33. The number of nitrogens with one attached hydrogen (secondary N) is 2. The second-order valence-electron chi connectivity index (χ2n) is 11.3. The second kappa shape index (κ2) is 11.6. The van der Waals surface area contributed by atoms with Gasteiger partial charge in [-0.3, -0.25) is 14.4 Å². The Morgan fingerprint density at radius 2 is 1.66 bits per heavy atom. The maximum atomic E-state index is 14.3. The Balaban J connectivity index is 1.60. The Kier molecular flexibility index (Phi) is 8.23. The third-order valence-electron chi connectivity index (χ3n) is 7.84. The van der Waals surface area contributed by atoms with E-state index in [0.29, 0.717) is 18.9 Å². The number of furan rings is 1. The van der Waals surface area contributed by atoms with Gasteiger partial charge in [0, 0.05) is 0 Å². The summed E-state index contributed by atoms with van der Waals surface area (Å²) >= 11 is 0. The Bertz CT molecular complexity index is 1680. The number of hydrogen-bond acceptors (Lipinski definition) is 7. The molecule has 0 bridgehead atoms. The quantitative estimate of drug-likeness (QED) is 0.317. The maximum Gasteiger partial charge on any atom is 0.504 e. The Morgan fingerprint density at radius 1 is 1.05 bits per heavy atom. The summed E-state index contributed by atoms with van der Waals surface area (Å²) < 4.78 is 69.5. The molecular formula is C30H30F3N3O7S. The summed E-state index contributed by atoms with van der Waals surface area (Å²) in [6, 6.07) is 10.4. The van der Waals surface area contributed by atoms with Crippen LogP contribution in [-0.2, 0) is 37.1 Å². The SMILES string of the molecule is CC(C)C[C@@H]1C(=O)N[C@H](C2Cc3ccccc3C2)C(=O)N1C(C(=O)Nc1ccccc1O)c1ccc(S(=O)(=O)C(F)(F)F)o1. The van der Waals surface area contributed by atoms with Crippen LogP contribution in [0.25, 0.3) is 0 Å².